The van der Waals surface area contributed by atoms with Crippen LogP contribution in [0.4, 0.5) is 4.79 Å². The smallest absolute Gasteiger partial charge is 0.433 e. The van der Waals surface area contributed by atoms with E-state index < -0.39 is 6.16 Å². The first kappa shape index (κ1) is 8.94. The molecule has 0 spiro atoms. The van der Waals surface area contributed by atoms with E-state index in [4.69, 9.17) is 0 Å². The summed E-state index contributed by atoms with van der Waals surface area (Å²) in [6, 6.07) is 0. The van der Waals surface area contributed by atoms with Gasteiger partial charge in [0.25, 0.3) is 0 Å². The molecule has 0 unspecified atom stereocenters. The molecule has 0 aromatic heterocycles. The van der Waals surface area contributed by atoms with Crippen LogP contribution in [-0.4, -0.2) is 18.5 Å². The molecule has 0 radical (unpaired) electrons. The van der Waals surface area contributed by atoms with Crippen LogP contribution in [0.15, 0.2) is 5.16 Å². The molecule has 0 bridgehead atoms. The third kappa shape index (κ3) is 5.08. The fourth-order valence-electron chi connectivity index (χ4n) is 0.273. The highest BCUT2D eigenvalue weighted by molar-refractivity contribution is 5.79. The first-order chi connectivity index (χ1) is 4.66. The SMILES string of the molecule is CCOC(=O)ON=C(C)C. The summed E-state index contributed by atoms with van der Waals surface area (Å²) in [6.45, 7) is 5.44. The molecular formula is C6H11NO3. The molecule has 4 nitrogen and oxygen atoms in total. The van der Waals surface area contributed by atoms with Crippen LogP contribution < -0.4 is 0 Å². The predicted octanol–water partition coefficient (Wildman–Crippen LogP) is 1.56. The summed E-state index contributed by atoms with van der Waals surface area (Å²) in [5.41, 5.74) is 0.674. The van der Waals surface area contributed by atoms with Gasteiger partial charge in [-0.2, -0.15) is 0 Å². The van der Waals surface area contributed by atoms with Gasteiger partial charge in [-0.15, -0.1) is 0 Å². The number of hydrogen-bond acceptors (Lipinski definition) is 4. The van der Waals surface area contributed by atoms with Gasteiger partial charge < -0.3 is 4.74 Å². The molecule has 0 saturated carbocycles. The number of carbonyl (C=O) groups is 1. The highest BCUT2D eigenvalue weighted by Crippen LogP contribution is 1.86. The summed E-state index contributed by atoms with van der Waals surface area (Å²) in [5, 5.41) is 3.39. The summed E-state index contributed by atoms with van der Waals surface area (Å²) in [7, 11) is 0. The molecule has 0 aromatic rings. The molecule has 0 aliphatic rings. The zero-order valence-corrected chi connectivity index (χ0v) is 6.38. The third-order valence-electron chi connectivity index (χ3n) is 0.565. The van der Waals surface area contributed by atoms with E-state index in [0.29, 0.717) is 12.3 Å². The van der Waals surface area contributed by atoms with Crippen molar-refractivity contribution in [2.75, 3.05) is 6.61 Å². The number of hydrogen-bond donors (Lipinski definition) is 0. The number of ether oxygens (including phenoxy) is 1. The van der Waals surface area contributed by atoms with Gasteiger partial charge in [0, 0.05) is 0 Å². The summed E-state index contributed by atoms with van der Waals surface area (Å²) in [4.78, 5) is 14.7. The number of nitrogens with zero attached hydrogens (tertiary/aromatic N) is 1. The summed E-state index contributed by atoms with van der Waals surface area (Å²) < 4.78 is 4.42. The van der Waals surface area contributed by atoms with Crippen LogP contribution in [0.3, 0.4) is 0 Å². The average molecular weight is 145 g/mol. The van der Waals surface area contributed by atoms with Crippen molar-refractivity contribution in [1.82, 2.24) is 0 Å². The van der Waals surface area contributed by atoms with E-state index in [1.807, 2.05) is 0 Å². The lowest BCUT2D eigenvalue weighted by atomic mass is 10.5. The van der Waals surface area contributed by atoms with Crippen molar-refractivity contribution in [1.29, 1.82) is 0 Å². The first-order valence-electron chi connectivity index (χ1n) is 3.01. The van der Waals surface area contributed by atoms with Crippen LogP contribution in [0.2, 0.25) is 0 Å². The second-order valence-electron chi connectivity index (χ2n) is 1.81. The van der Waals surface area contributed by atoms with Crippen molar-refractivity contribution in [3.63, 3.8) is 0 Å². The Kier molecular flexibility index (Phi) is 4.28. The summed E-state index contributed by atoms with van der Waals surface area (Å²) in [5.74, 6) is 0. The van der Waals surface area contributed by atoms with Gasteiger partial charge >= 0.3 is 6.16 Å². The van der Waals surface area contributed by atoms with Crippen LogP contribution in [0.5, 0.6) is 0 Å². The second-order valence-corrected chi connectivity index (χ2v) is 1.81. The molecule has 58 valence electrons. The first-order valence-corrected chi connectivity index (χ1v) is 3.01. The van der Waals surface area contributed by atoms with Crippen LogP contribution >= 0.6 is 0 Å². The van der Waals surface area contributed by atoms with Gasteiger partial charge in [0.1, 0.15) is 0 Å². The maximum Gasteiger partial charge on any atom is 0.535 e. The normalized spacial score (nSPS) is 8.30. The fourth-order valence-corrected chi connectivity index (χ4v) is 0.273. The van der Waals surface area contributed by atoms with Gasteiger partial charge in [0.15, 0.2) is 0 Å². The van der Waals surface area contributed by atoms with E-state index in [9.17, 15) is 4.79 Å². The Labute approximate surface area is 59.8 Å². The summed E-state index contributed by atoms with van der Waals surface area (Å²) >= 11 is 0. The number of carbonyl (C=O) groups excluding carboxylic acids is 1. The standard InChI is InChI=1S/C6H11NO3/c1-4-9-6(8)10-7-5(2)3/h4H2,1-3H3. The topological polar surface area (TPSA) is 47.9 Å². The summed E-state index contributed by atoms with van der Waals surface area (Å²) in [6.07, 6.45) is -0.760. The minimum atomic E-state index is -0.760. The van der Waals surface area contributed by atoms with E-state index in [-0.39, 0.29) is 0 Å². The zero-order chi connectivity index (χ0) is 7.98. The maximum absolute atomic E-state index is 10.4. The van der Waals surface area contributed by atoms with Gasteiger partial charge in [0.05, 0.1) is 12.3 Å². The Hall–Kier alpha value is -1.06. The lowest BCUT2D eigenvalue weighted by Crippen LogP contribution is -2.03. The molecule has 0 aliphatic heterocycles. The van der Waals surface area contributed by atoms with Crippen molar-refractivity contribution < 1.29 is 14.4 Å². The zero-order valence-electron chi connectivity index (χ0n) is 6.38. The van der Waals surface area contributed by atoms with Crippen molar-refractivity contribution in [2.45, 2.75) is 20.8 Å². The second kappa shape index (κ2) is 4.78. The van der Waals surface area contributed by atoms with Crippen LogP contribution in [0, 0.1) is 0 Å². The van der Waals surface area contributed by atoms with Crippen LogP contribution in [-0.2, 0) is 9.57 Å². The van der Waals surface area contributed by atoms with E-state index in [1.165, 1.54) is 0 Å². The van der Waals surface area contributed by atoms with E-state index in [2.05, 4.69) is 14.7 Å². The van der Waals surface area contributed by atoms with Crippen molar-refractivity contribution in [2.24, 2.45) is 5.16 Å². The molecule has 0 rings (SSSR count). The quantitative estimate of drug-likeness (QED) is 0.256. The molecule has 0 saturated heterocycles. The molecule has 0 aliphatic carbocycles. The minimum Gasteiger partial charge on any atom is -0.433 e. The Morgan fingerprint density at radius 1 is 1.50 bits per heavy atom. The van der Waals surface area contributed by atoms with E-state index in [0.717, 1.165) is 0 Å². The predicted molar refractivity (Wildman–Crippen MR) is 36.9 cm³/mol. The fraction of sp³-hybridized carbons (Fsp3) is 0.667. The monoisotopic (exact) mass is 145 g/mol. The molecular weight excluding hydrogens is 134 g/mol. The largest absolute Gasteiger partial charge is 0.535 e. The maximum atomic E-state index is 10.4. The van der Waals surface area contributed by atoms with Gasteiger partial charge in [-0.1, -0.05) is 5.16 Å². The molecule has 0 atom stereocenters. The van der Waals surface area contributed by atoms with Gasteiger partial charge in [-0.25, -0.2) is 4.79 Å². The molecule has 0 aromatic carbocycles. The lowest BCUT2D eigenvalue weighted by Gasteiger charge is -1.96. The molecule has 10 heavy (non-hydrogen) atoms. The molecule has 4 heteroatoms. The Morgan fingerprint density at radius 2 is 2.10 bits per heavy atom. The highest BCUT2D eigenvalue weighted by Gasteiger charge is 1.98. The van der Waals surface area contributed by atoms with Crippen molar-refractivity contribution >= 4 is 11.9 Å². The molecule has 0 heterocycles. The third-order valence-corrected chi connectivity index (χ3v) is 0.565. The van der Waals surface area contributed by atoms with E-state index >= 15 is 0 Å². The average Bonchev–Trinajstić information content (AvgIpc) is 1.85. The molecule has 0 N–H and O–H groups in total. The van der Waals surface area contributed by atoms with Crippen LogP contribution in [0.1, 0.15) is 20.8 Å². The lowest BCUT2D eigenvalue weighted by molar-refractivity contribution is 0.0612. The van der Waals surface area contributed by atoms with Crippen molar-refractivity contribution in [3.8, 4) is 0 Å². The number of rotatable bonds is 2. The van der Waals surface area contributed by atoms with Gasteiger partial charge in [-0.3, -0.25) is 4.84 Å². The van der Waals surface area contributed by atoms with Crippen molar-refractivity contribution in [3.05, 3.63) is 0 Å². The highest BCUT2D eigenvalue weighted by atomic mass is 16.8. The minimum absolute atomic E-state index is 0.303. The van der Waals surface area contributed by atoms with Gasteiger partial charge in [-0.05, 0) is 20.8 Å². The van der Waals surface area contributed by atoms with Gasteiger partial charge in [0.2, 0.25) is 0 Å². The molecule has 0 fully saturated rings. The number of oxime groups is 1. The van der Waals surface area contributed by atoms with E-state index in [1.54, 1.807) is 20.8 Å². The molecule has 0 amide bonds. The Balaban J connectivity index is 3.49. The van der Waals surface area contributed by atoms with Crippen LogP contribution in [0.25, 0.3) is 0 Å². The Morgan fingerprint density at radius 3 is 2.50 bits per heavy atom. The Bertz CT molecular complexity index is 138.